The van der Waals surface area contributed by atoms with Crippen molar-refractivity contribution in [3.63, 3.8) is 0 Å². The molecule has 11 heteroatoms. The molecule has 0 aliphatic carbocycles. The molecule has 0 bridgehead atoms. The summed E-state index contributed by atoms with van der Waals surface area (Å²) >= 11 is 1.01. The molecule has 1 saturated heterocycles. The number of thioether (sulfide) groups is 1. The molecule has 2 heterocycles. The van der Waals surface area contributed by atoms with Crippen molar-refractivity contribution in [3.05, 3.63) is 35.6 Å². The lowest BCUT2D eigenvalue weighted by Gasteiger charge is -2.41. The van der Waals surface area contributed by atoms with E-state index in [1.54, 1.807) is 7.05 Å². The third-order valence-electron chi connectivity index (χ3n) is 4.31. The van der Waals surface area contributed by atoms with E-state index in [1.807, 2.05) is 0 Å². The Morgan fingerprint density at radius 3 is 2.63 bits per heavy atom. The maximum absolute atomic E-state index is 13.7. The summed E-state index contributed by atoms with van der Waals surface area (Å²) in [6.45, 7) is -0.668. The van der Waals surface area contributed by atoms with Crippen LogP contribution < -0.4 is 5.32 Å². The minimum Gasteiger partial charge on any atom is -0.388 e. The van der Waals surface area contributed by atoms with Gasteiger partial charge in [-0.25, -0.2) is 4.39 Å². The number of aliphatic hydroxyl groups excluding tert-OH is 2. The Balaban J connectivity index is 1.78. The summed E-state index contributed by atoms with van der Waals surface area (Å²) in [5.41, 5.74) is -0.968. The van der Waals surface area contributed by atoms with Crippen LogP contribution in [0.15, 0.2) is 29.3 Å². The fourth-order valence-electron chi connectivity index (χ4n) is 2.93. The fraction of sp³-hybridized carbons (Fsp3) is 0.562. The van der Waals surface area contributed by atoms with Gasteiger partial charge in [0.15, 0.2) is 11.3 Å². The van der Waals surface area contributed by atoms with Gasteiger partial charge >= 0.3 is 6.18 Å². The van der Waals surface area contributed by atoms with Crippen LogP contribution in [0.1, 0.15) is 5.56 Å². The third kappa shape index (κ3) is 4.21. The first-order valence-corrected chi connectivity index (χ1v) is 8.96. The molecular weight excluding hydrogens is 392 g/mol. The molecular formula is C16H18F4N2O4S. The molecule has 6 atom stereocenters. The van der Waals surface area contributed by atoms with E-state index in [9.17, 15) is 27.8 Å². The number of rotatable bonds is 4. The number of amidine groups is 1. The highest BCUT2D eigenvalue weighted by atomic mass is 32.2. The summed E-state index contributed by atoms with van der Waals surface area (Å²) in [5, 5.41) is 23.5. The van der Waals surface area contributed by atoms with Crippen molar-refractivity contribution in [1.82, 2.24) is 5.32 Å². The van der Waals surface area contributed by atoms with Gasteiger partial charge in [-0.05, 0) is 6.07 Å². The number of nitrogens with one attached hydrogen (secondary N) is 1. The number of aliphatic hydroxyl groups is 2. The van der Waals surface area contributed by atoms with Crippen molar-refractivity contribution in [2.45, 2.75) is 48.7 Å². The van der Waals surface area contributed by atoms with Crippen LogP contribution in [0.3, 0.4) is 0 Å². The largest absolute Gasteiger partial charge is 0.417 e. The van der Waals surface area contributed by atoms with Crippen LogP contribution in [0.5, 0.6) is 0 Å². The number of nitrogens with zero attached hydrogens (tertiary/aromatic N) is 1. The highest BCUT2D eigenvalue weighted by Gasteiger charge is 2.57. The van der Waals surface area contributed by atoms with Crippen molar-refractivity contribution in [2.24, 2.45) is 4.99 Å². The van der Waals surface area contributed by atoms with Crippen LogP contribution in [0.25, 0.3) is 0 Å². The lowest BCUT2D eigenvalue weighted by Crippen LogP contribution is -2.61. The Labute approximate surface area is 156 Å². The number of benzene rings is 1. The summed E-state index contributed by atoms with van der Waals surface area (Å²) in [7, 11) is 1.57. The van der Waals surface area contributed by atoms with E-state index < -0.39 is 54.5 Å². The molecule has 1 fully saturated rings. The first-order chi connectivity index (χ1) is 12.7. The zero-order chi connectivity index (χ0) is 19.8. The maximum atomic E-state index is 13.7. The number of halogens is 4. The number of ether oxygens (including phenoxy) is 2. The molecule has 0 aromatic heterocycles. The van der Waals surface area contributed by atoms with Gasteiger partial charge in [-0.1, -0.05) is 30.0 Å². The van der Waals surface area contributed by atoms with Crippen molar-refractivity contribution >= 4 is 16.9 Å². The molecule has 1 aromatic carbocycles. The summed E-state index contributed by atoms with van der Waals surface area (Å²) in [5.74, 6) is -0.706. The van der Waals surface area contributed by atoms with E-state index in [4.69, 9.17) is 9.47 Å². The van der Waals surface area contributed by atoms with Gasteiger partial charge in [0.05, 0.1) is 6.61 Å². The smallest absolute Gasteiger partial charge is 0.388 e. The summed E-state index contributed by atoms with van der Waals surface area (Å²) < 4.78 is 64.6. The Bertz CT molecular complexity index is 705. The molecule has 150 valence electrons. The quantitative estimate of drug-likeness (QED) is 0.652. The lowest BCUT2D eigenvalue weighted by atomic mass is 9.94. The molecule has 1 unspecified atom stereocenters. The fourth-order valence-corrected chi connectivity index (χ4v) is 3.99. The third-order valence-corrected chi connectivity index (χ3v) is 5.47. The van der Waals surface area contributed by atoms with Crippen molar-refractivity contribution in [1.29, 1.82) is 0 Å². The van der Waals surface area contributed by atoms with Gasteiger partial charge in [-0.3, -0.25) is 4.99 Å². The van der Waals surface area contributed by atoms with Crippen molar-refractivity contribution in [2.75, 3.05) is 7.05 Å². The van der Waals surface area contributed by atoms with Crippen LogP contribution in [0.4, 0.5) is 17.6 Å². The molecule has 27 heavy (non-hydrogen) atoms. The van der Waals surface area contributed by atoms with Gasteiger partial charge in [0.2, 0.25) is 0 Å². The monoisotopic (exact) mass is 410 g/mol. The Morgan fingerprint density at radius 1 is 1.30 bits per heavy atom. The van der Waals surface area contributed by atoms with Gasteiger partial charge in [0, 0.05) is 12.6 Å². The second-order valence-corrected chi connectivity index (χ2v) is 7.19. The number of hydrogen-bond acceptors (Lipinski definition) is 7. The minimum absolute atomic E-state index is 0.0634. The lowest BCUT2D eigenvalue weighted by molar-refractivity contribution is -0.287. The Kier molecular flexibility index (Phi) is 5.96. The van der Waals surface area contributed by atoms with E-state index in [-0.39, 0.29) is 5.56 Å². The zero-order valence-electron chi connectivity index (χ0n) is 14.1. The predicted molar refractivity (Wildman–Crippen MR) is 89.6 cm³/mol. The second kappa shape index (κ2) is 7.92. The van der Waals surface area contributed by atoms with Crippen LogP contribution in [-0.2, 0) is 16.1 Å². The highest BCUT2D eigenvalue weighted by molar-refractivity contribution is 8.14. The molecule has 6 nitrogen and oxygen atoms in total. The first-order valence-electron chi connectivity index (χ1n) is 8.08. The molecule has 0 amide bonds. The van der Waals surface area contributed by atoms with E-state index in [0.717, 1.165) is 17.8 Å². The van der Waals surface area contributed by atoms with Crippen LogP contribution in [0.2, 0.25) is 0 Å². The molecule has 2 aliphatic heterocycles. The molecule has 1 aromatic rings. The molecule has 0 spiro atoms. The van der Waals surface area contributed by atoms with Gasteiger partial charge in [0.25, 0.3) is 0 Å². The number of alkyl halides is 3. The van der Waals surface area contributed by atoms with Crippen molar-refractivity contribution < 1.29 is 37.2 Å². The summed E-state index contributed by atoms with van der Waals surface area (Å²) in [6, 6.07) is 4.38. The minimum atomic E-state index is -4.90. The molecule has 0 radical (unpaired) electrons. The van der Waals surface area contributed by atoms with E-state index in [0.29, 0.717) is 5.17 Å². The summed E-state index contributed by atoms with van der Waals surface area (Å²) in [4.78, 5) is 4.08. The van der Waals surface area contributed by atoms with E-state index >= 15 is 0 Å². The second-order valence-electron chi connectivity index (χ2n) is 6.11. The van der Waals surface area contributed by atoms with E-state index in [2.05, 4.69) is 10.3 Å². The van der Waals surface area contributed by atoms with Crippen LogP contribution >= 0.6 is 11.8 Å². The van der Waals surface area contributed by atoms with Gasteiger partial charge < -0.3 is 25.0 Å². The molecule has 2 aliphatic rings. The Hall–Kier alpha value is -1.40. The predicted octanol–water partition coefficient (Wildman–Crippen LogP) is 1.41. The van der Waals surface area contributed by atoms with Crippen LogP contribution in [0, 0.1) is 5.82 Å². The normalized spacial score (nSPS) is 32.0. The van der Waals surface area contributed by atoms with Crippen LogP contribution in [-0.4, -0.2) is 64.5 Å². The standard InChI is InChI=1S/C16H18F4N2O4S/c1-21-15-22-9-10(23)11(24)12(26-14(9)27-15)13(16(18,19)20)25-6-7-4-2-3-5-8(7)17/h2-5,9-14,23-24H,6H2,1H3,(H,21,22)/t9-,10-,11+,12?,13-,14-/m1/s1. The summed E-state index contributed by atoms with van der Waals surface area (Å²) in [6.07, 6.45) is -12.8. The molecule has 3 N–H and O–H groups in total. The first kappa shape index (κ1) is 20.3. The van der Waals surface area contributed by atoms with Gasteiger partial charge in [-0.2, -0.15) is 13.2 Å². The highest BCUT2D eigenvalue weighted by Crippen LogP contribution is 2.40. The number of aliphatic imine (C=N–C) groups is 1. The molecule has 0 saturated carbocycles. The average molecular weight is 410 g/mol. The molecule has 3 rings (SSSR count). The SMILES string of the molecule is CNC1=N[C@@H]2[C@@H](O)[C@H](O)C([C@@H](OCc3ccccc3F)C(F)(F)F)O[C@@H]2S1. The van der Waals surface area contributed by atoms with Gasteiger partial charge in [0.1, 0.15) is 35.6 Å². The van der Waals surface area contributed by atoms with Crippen molar-refractivity contribution in [3.8, 4) is 0 Å². The van der Waals surface area contributed by atoms with E-state index in [1.165, 1.54) is 18.2 Å². The maximum Gasteiger partial charge on any atom is 0.417 e. The topological polar surface area (TPSA) is 83.3 Å². The number of fused-ring (bicyclic) bond motifs is 1. The number of hydrogen-bond donors (Lipinski definition) is 3. The zero-order valence-corrected chi connectivity index (χ0v) is 14.9. The Morgan fingerprint density at radius 2 is 2.00 bits per heavy atom. The van der Waals surface area contributed by atoms with Gasteiger partial charge in [-0.15, -0.1) is 0 Å². The average Bonchev–Trinajstić information content (AvgIpc) is 3.03.